The molecule has 1 aliphatic heterocycles. The van der Waals surface area contributed by atoms with Crippen LogP contribution in [0, 0.1) is 12.8 Å². The second-order valence-electron chi connectivity index (χ2n) is 7.43. The highest BCUT2D eigenvalue weighted by molar-refractivity contribution is 7.89. The number of anilines is 1. The molecule has 3 rings (SSSR count). The number of hydrogen-bond acceptors (Lipinski definition) is 3. The first-order valence-corrected chi connectivity index (χ1v) is 11.3. The molecule has 2 aromatic rings. The van der Waals surface area contributed by atoms with Gasteiger partial charge in [-0.3, -0.25) is 4.79 Å². The lowest BCUT2D eigenvalue weighted by Crippen LogP contribution is -2.41. The Hall–Kier alpha value is -2.18. The van der Waals surface area contributed by atoms with Crippen molar-refractivity contribution < 1.29 is 13.2 Å². The molecule has 1 N–H and O–H groups in total. The zero-order chi connectivity index (χ0) is 20.1. The number of sulfonamides is 1. The highest BCUT2D eigenvalue weighted by Crippen LogP contribution is 2.25. The van der Waals surface area contributed by atoms with Gasteiger partial charge in [0.2, 0.25) is 15.9 Å². The molecule has 0 radical (unpaired) electrons. The van der Waals surface area contributed by atoms with Crippen LogP contribution in [0.5, 0.6) is 0 Å². The molecule has 1 aliphatic rings. The summed E-state index contributed by atoms with van der Waals surface area (Å²) in [4.78, 5) is 12.9. The van der Waals surface area contributed by atoms with E-state index in [4.69, 9.17) is 0 Å². The number of benzene rings is 2. The summed E-state index contributed by atoms with van der Waals surface area (Å²) in [6, 6.07) is 14.8. The normalized spacial score (nSPS) is 16.1. The predicted molar refractivity (Wildman–Crippen MR) is 112 cm³/mol. The van der Waals surface area contributed by atoms with Gasteiger partial charge < -0.3 is 5.32 Å². The van der Waals surface area contributed by atoms with Crippen LogP contribution >= 0.6 is 0 Å². The van der Waals surface area contributed by atoms with Crippen molar-refractivity contribution in [1.29, 1.82) is 0 Å². The van der Waals surface area contributed by atoms with E-state index in [2.05, 4.69) is 12.2 Å². The Morgan fingerprint density at radius 2 is 1.64 bits per heavy atom. The molecular weight excluding hydrogens is 372 g/mol. The van der Waals surface area contributed by atoms with Crippen molar-refractivity contribution in [3.63, 3.8) is 0 Å². The Bertz CT molecular complexity index is 898. The lowest BCUT2D eigenvalue weighted by molar-refractivity contribution is -0.120. The Morgan fingerprint density at radius 1 is 1.04 bits per heavy atom. The minimum absolute atomic E-state index is 0.0318. The van der Waals surface area contributed by atoms with E-state index in [1.807, 2.05) is 31.2 Å². The average molecular weight is 401 g/mol. The third-order valence-corrected chi connectivity index (χ3v) is 7.16. The fraction of sp³-hybridized carbons (Fsp3) is 0.409. The number of hydrogen-bond donors (Lipinski definition) is 1. The van der Waals surface area contributed by atoms with E-state index >= 15 is 0 Å². The topological polar surface area (TPSA) is 66.5 Å². The maximum Gasteiger partial charge on any atom is 0.243 e. The van der Waals surface area contributed by atoms with Crippen molar-refractivity contribution in [2.24, 2.45) is 5.92 Å². The van der Waals surface area contributed by atoms with Gasteiger partial charge in [0.15, 0.2) is 0 Å². The number of nitrogens with zero attached hydrogens (tertiary/aromatic N) is 1. The van der Waals surface area contributed by atoms with Crippen LogP contribution in [-0.4, -0.2) is 31.7 Å². The molecule has 0 aromatic heterocycles. The van der Waals surface area contributed by atoms with Crippen molar-refractivity contribution >= 4 is 21.6 Å². The van der Waals surface area contributed by atoms with Gasteiger partial charge in [0.1, 0.15) is 0 Å². The molecule has 1 heterocycles. The average Bonchev–Trinajstić information content (AvgIpc) is 2.70. The summed E-state index contributed by atoms with van der Waals surface area (Å²) in [6.45, 7) is 4.80. The van der Waals surface area contributed by atoms with Crippen molar-refractivity contribution in [3.05, 3.63) is 59.7 Å². The molecule has 0 saturated carbocycles. The van der Waals surface area contributed by atoms with E-state index in [1.165, 1.54) is 9.87 Å². The zero-order valence-corrected chi connectivity index (χ0v) is 17.3. The Kier molecular flexibility index (Phi) is 6.52. The molecule has 5 nitrogen and oxygen atoms in total. The number of piperidine rings is 1. The summed E-state index contributed by atoms with van der Waals surface area (Å²) in [5.74, 6) is -0.199. The van der Waals surface area contributed by atoms with Gasteiger partial charge in [-0.1, -0.05) is 43.2 Å². The molecule has 0 bridgehead atoms. The van der Waals surface area contributed by atoms with Gasteiger partial charge in [-0.05, 0) is 56.0 Å². The smallest absolute Gasteiger partial charge is 0.243 e. The van der Waals surface area contributed by atoms with Gasteiger partial charge in [0.25, 0.3) is 0 Å². The van der Waals surface area contributed by atoms with Crippen LogP contribution in [0.15, 0.2) is 53.4 Å². The maximum absolute atomic E-state index is 12.8. The van der Waals surface area contributed by atoms with Crippen molar-refractivity contribution in [2.45, 2.75) is 44.4 Å². The molecule has 0 atom stereocenters. The summed E-state index contributed by atoms with van der Waals surface area (Å²) in [5, 5.41) is 2.97. The Morgan fingerprint density at radius 3 is 2.21 bits per heavy atom. The fourth-order valence-corrected chi connectivity index (χ4v) is 4.98. The lowest BCUT2D eigenvalue weighted by Gasteiger charge is -2.30. The van der Waals surface area contributed by atoms with Crippen LogP contribution in [0.4, 0.5) is 5.69 Å². The van der Waals surface area contributed by atoms with Crippen LogP contribution in [0.25, 0.3) is 0 Å². The van der Waals surface area contributed by atoms with Gasteiger partial charge in [-0.25, -0.2) is 8.42 Å². The molecule has 0 unspecified atom stereocenters. The van der Waals surface area contributed by atoms with E-state index < -0.39 is 10.0 Å². The second kappa shape index (κ2) is 8.88. The molecule has 28 heavy (non-hydrogen) atoms. The first-order chi connectivity index (χ1) is 13.4. The SMILES string of the molecule is CCCc1ccc(NC(=O)C2CCN(S(=O)(=O)c3ccc(C)cc3)CC2)cc1. The molecule has 0 spiro atoms. The van der Waals surface area contributed by atoms with Crippen molar-refractivity contribution in [3.8, 4) is 0 Å². The highest BCUT2D eigenvalue weighted by Gasteiger charge is 2.32. The molecular formula is C22H28N2O3S. The molecule has 0 aliphatic carbocycles. The van der Waals surface area contributed by atoms with Gasteiger partial charge in [0.05, 0.1) is 4.90 Å². The second-order valence-corrected chi connectivity index (χ2v) is 9.37. The summed E-state index contributed by atoms with van der Waals surface area (Å²) in [6.07, 6.45) is 3.19. The first kappa shape index (κ1) is 20.6. The molecule has 1 amide bonds. The Labute approximate surface area is 167 Å². The van der Waals surface area contributed by atoms with Gasteiger partial charge >= 0.3 is 0 Å². The summed E-state index contributed by atoms with van der Waals surface area (Å²) >= 11 is 0. The number of carbonyl (C=O) groups is 1. The monoisotopic (exact) mass is 400 g/mol. The number of nitrogens with one attached hydrogen (secondary N) is 1. The van der Waals surface area contributed by atoms with E-state index in [1.54, 1.807) is 24.3 Å². The standard InChI is InChI=1S/C22H28N2O3S/c1-3-4-18-7-9-20(10-8-18)23-22(25)19-13-15-24(16-14-19)28(26,27)21-11-5-17(2)6-12-21/h5-12,19H,3-4,13-16H2,1-2H3,(H,23,25). The van der Waals surface area contributed by atoms with Gasteiger partial charge in [-0.2, -0.15) is 4.31 Å². The maximum atomic E-state index is 12.8. The molecule has 1 saturated heterocycles. The van der Waals surface area contributed by atoms with Crippen LogP contribution in [0.2, 0.25) is 0 Å². The first-order valence-electron chi connectivity index (χ1n) is 9.87. The molecule has 2 aromatic carbocycles. The third kappa shape index (κ3) is 4.80. The number of amides is 1. The van der Waals surface area contributed by atoms with Crippen molar-refractivity contribution in [1.82, 2.24) is 4.31 Å². The zero-order valence-electron chi connectivity index (χ0n) is 16.5. The lowest BCUT2D eigenvalue weighted by atomic mass is 9.97. The van der Waals surface area contributed by atoms with E-state index in [9.17, 15) is 13.2 Å². The summed E-state index contributed by atoms with van der Waals surface area (Å²) in [7, 11) is -3.50. The van der Waals surface area contributed by atoms with Gasteiger partial charge in [-0.15, -0.1) is 0 Å². The van der Waals surface area contributed by atoms with E-state index in [0.717, 1.165) is 24.1 Å². The minimum Gasteiger partial charge on any atom is -0.326 e. The predicted octanol–water partition coefficient (Wildman–Crippen LogP) is 3.99. The number of aryl methyl sites for hydroxylation is 2. The van der Waals surface area contributed by atoms with Crippen LogP contribution in [-0.2, 0) is 21.2 Å². The van der Waals surface area contributed by atoms with Crippen LogP contribution in [0.1, 0.15) is 37.3 Å². The van der Waals surface area contributed by atoms with Crippen LogP contribution in [0.3, 0.4) is 0 Å². The number of rotatable bonds is 6. The fourth-order valence-electron chi connectivity index (χ4n) is 3.51. The highest BCUT2D eigenvalue weighted by atomic mass is 32.2. The quantitative estimate of drug-likeness (QED) is 0.797. The third-order valence-electron chi connectivity index (χ3n) is 5.24. The van der Waals surface area contributed by atoms with Crippen molar-refractivity contribution in [2.75, 3.05) is 18.4 Å². The van der Waals surface area contributed by atoms with Crippen LogP contribution < -0.4 is 5.32 Å². The summed E-state index contributed by atoms with van der Waals surface area (Å²) < 4.78 is 27.0. The Balaban J connectivity index is 1.57. The molecule has 6 heteroatoms. The molecule has 1 fully saturated rings. The van der Waals surface area contributed by atoms with E-state index in [-0.39, 0.29) is 11.8 Å². The minimum atomic E-state index is -3.50. The summed E-state index contributed by atoms with van der Waals surface area (Å²) in [5.41, 5.74) is 3.08. The van der Waals surface area contributed by atoms with Gasteiger partial charge in [0, 0.05) is 24.7 Å². The largest absolute Gasteiger partial charge is 0.326 e. The van der Waals surface area contributed by atoms with E-state index in [0.29, 0.717) is 30.8 Å². The number of carbonyl (C=O) groups excluding carboxylic acids is 1. The molecule has 150 valence electrons.